The number of rotatable bonds is 5. The van der Waals surface area contributed by atoms with E-state index >= 15 is 0 Å². The normalized spacial score (nSPS) is 14.9. The summed E-state index contributed by atoms with van der Waals surface area (Å²) in [5, 5.41) is 9.77. The van der Waals surface area contributed by atoms with Crippen LogP contribution in [-0.4, -0.2) is 17.0 Å². The van der Waals surface area contributed by atoms with Gasteiger partial charge in [0.1, 0.15) is 5.78 Å². The van der Waals surface area contributed by atoms with E-state index in [0.717, 1.165) is 5.56 Å². The molecular formula is C14H18O2. The van der Waals surface area contributed by atoms with Gasteiger partial charge in [-0.1, -0.05) is 56.3 Å². The third-order valence-corrected chi connectivity index (χ3v) is 2.65. The first kappa shape index (κ1) is 12.7. The maximum Gasteiger partial charge on any atom is 0.138 e. The van der Waals surface area contributed by atoms with Crippen molar-refractivity contribution in [3.05, 3.63) is 42.0 Å². The van der Waals surface area contributed by atoms with Gasteiger partial charge in [0.2, 0.25) is 0 Å². The summed E-state index contributed by atoms with van der Waals surface area (Å²) < 4.78 is 0. The first-order chi connectivity index (χ1) is 7.65. The van der Waals surface area contributed by atoms with Crippen LogP contribution >= 0.6 is 0 Å². The van der Waals surface area contributed by atoms with E-state index < -0.39 is 6.10 Å². The van der Waals surface area contributed by atoms with E-state index in [1.807, 2.05) is 43.3 Å². The van der Waals surface area contributed by atoms with Gasteiger partial charge in [-0.3, -0.25) is 4.79 Å². The summed E-state index contributed by atoms with van der Waals surface area (Å²) in [5.41, 5.74) is 1.03. The Hall–Kier alpha value is -1.41. The fourth-order valence-corrected chi connectivity index (χ4v) is 1.45. The molecule has 0 spiro atoms. The zero-order valence-corrected chi connectivity index (χ0v) is 9.76. The highest BCUT2D eigenvalue weighted by molar-refractivity contribution is 5.81. The van der Waals surface area contributed by atoms with Crippen LogP contribution in [0.5, 0.6) is 0 Å². The first-order valence-corrected chi connectivity index (χ1v) is 5.59. The lowest BCUT2D eigenvalue weighted by atomic mass is 9.97. The highest BCUT2D eigenvalue weighted by Crippen LogP contribution is 2.10. The number of carbonyl (C=O) groups is 1. The number of ketones is 1. The minimum Gasteiger partial charge on any atom is -0.388 e. The summed E-state index contributed by atoms with van der Waals surface area (Å²) in [6.07, 6.45) is 3.28. The molecule has 0 aliphatic rings. The number of hydrogen-bond acceptors (Lipinski definition) is 2. The molecule has 1 N–H and O–H groups in total. The predicted molar refractivity (Wildman–Crippen MR) is 65.9 cm³/mol. The molecule has 0 radical (unpaired) electrons. The van der Waals surface area contributed by atoms with Crippen molar-refractivity contribution in [2.24, 2.45) is 5.92 Å². The number of benzene rings is 1. The zero-order valence-electron chi connectivity index (χ0n) is 9.76. The molecule has 0 heterocycles. The lowest BCUT2D eigenvalue weighted by molar-refractivity contribution is -0.124. The average Bonchev–Trinajstić information content (AvgIpc) is 2.35. The Morgan fingerprint density at radius 3 is 2.56 bits per heavy atom. The van der Waals surface area contributed by atoms with Crippen molar-refractivity contribution in [3.63, 3.8) is 0 Å². The van der Waals surface area contributed by atoms with Crippen molar-refractivity contribution in [1.82, 2.24) is 0 Å². The van der Waals surface area contributed by atoms with E-state index in [-0.39, 0.29) is 11.7 Å². The van der Waals surface area contributed by atoms with Crippen molar-refractivity contribution in [2.75, 3.05) is 0 Å². The number of Topliss-reactive ketones (excluding diaryl/α,β-unsaturated/α-hetero) is 1. The van der Waals surface area contributed by atoms with Crippen LogP contribution < -0.4 is 0 Å². The molecule has 2 atom stereocenters. The van der Waals surface area contributed by atoms with Crippen LogP contribution in [0.15, 0.2) is 36.4 Å². The van der Waals surface area contributed by atoms with Gasteiger partial charge in [0.15, 0.2) is 0 Å². The molecule has 1 rings (SSSR count). The van der Waals surface area contributed by atoms with Crippen LogP contribution in [0.2, 0.25) is 0 Å². The number of aliphatic hydroxyl groups excluding tert-OH is 1. The first-order valence-electron chi connectivity index (χ1n) is 5.59. The SMILES string of the molecule is CCC(=O)[C@@H](C)[C@H](O)/C=C/c1ccccc1. The average molecular weight is 218 g/mol. The van der Waals surface area contributed by atoms with E-state index in [4.69, 9.17) is 0 Å². The molecule has 0 unspecified atom stereocenters. The standard InChI is InChI=1S/C14H18O2/c1-3-13(15)11(2)14(16)10-9-12-7-5-4-6-8-12/h4-11,14,16H,3H2,1-2H3/b10-9+/t11-,14-/m1/s1. The molecule has 0 saturated carbocycles. The molecule has 0 amide bonds. The largest absolute Gasteiger partial charge is 0.388 e. The van der Waals surface area contributed by atoms with E-state index in [1.54, 1.807) is 13.0 Å². The minimum absolute atomic E-state index is 0.0882. The molecule has 0 aliphatic carbocycles. The van der Waals surface area contributed by atoms with Crippen LogP contribution in [0.1, 0.15) is 25.8 Å². The van der Waals surface area contributed by atoms with Gasteiger partial charge in [-0.05, 0) is 5.56 Å². The van der Waals surface area contributed by atoms with Crippen molar-refractivity contribution < 1.29 is 9.90 Å². The second-order valence-corrected chi connectivity index (χ2v) is 3.87. The molecule has 0 aliphatic heterocycles. The smallest absolute Gasteiger partial charge is 0.138 e. The van der Waals surface area contributed by atoms with Gasteiger partial charge in [0.25, 0.3) is 0 Å². The van der Waals surface area contributed by atoms with Gasteiger partial charge in [-0.25, -0.2) is 0 Å². The fraction of sp³-hybridized carbons (Fsp3) is 0.357. The van der Waals surface area contributed by atoms with E-state index in [9.17, 15) is 9.90 Å². The minimum atomic E-state index is -0.701. The molecule has 1 aromatic carbocycles. The molecule has 2 nitrogen and oxygen atoms in total. The van der Waals surface area contributed by atoms with Gasteiger partial charge >= 0.3 is 0 Å². The summed E-state index contributed by atoms with van der Waals surface area (Å²) >= 11 is 0. The van der Waals surface area contributed by atoms with Gasteiger partial charge in [0, 0.05) is 12.3 Å². The van der Waals surface area contributed by atoms with Crippen LogP contribution in [0, 0.1) is 5.92 Å². The summed E-state index contributed by atoms with van der Waals surface area (Å²) in [6, 6.07) is 9.72. The molecule has 2 heteroatoms. The van der Waals surface area contributed by atoms with Crippen molar-refractivity contribution in [3.8, 4) is 0 Å². The van der Waals surface area contributed by atoms with E-state index in [0.29, 0.717) is 6.42 Å². The Bertz CT molecular complexity index is 354. The van der Waals surface area contributed by atoms with E-state index in [2.05, 4.69) is 0 Å². The van der Waals surface area contributed by atoms with Gasteiger partial charge in [0.05, 0.1) is 6.10 Å². The van der Waals surface area contributed by atoms with Crippen LogP contribution in [0.4, 0.5) is 0 Å². The van der Waals surface area contributed by atoms with Crippen molar-refractivity contribution in [1.29, 1.82) is 0 Å². The zero-order chi connectivity index (χ0) is 12.0. The summed E-state index contributed by atoms with van der Waals surface area (Å²) in [5.74, 6) is -0.241. The van der Waals surface area contributed by atoms with Gasteiger partial charge in [-0.15, -0.1) is 0 Å². The monoisotopic (exact) mass is 218 g/mol. The molecule has 0 saturated heterocycles. The quantitative estimate of drug-likeness (QED) is 0.825. The van der Waals surface area contributed by atoms with Crippen LogP contribution in [-0.2, 0) is 4.79 Å². The Morgan fingerprint density at radius 2 is 2.00 bits per heavy atom. The molecule has 1 aromatic rings. The second kappa shape index (κ2) is 6.23. The highest BCUT2D eigenvalue weighted by atomic mass is 16.3. The summed E-state index contributed by atoms with van der Waals surface area (Å²) in [6.45, 7) is 3.57. The Kier molecular flexibility index (Phi) is 4.93. The third-order valence-electron chi connectivity index (χ3n) is 2.65. The van der Waals surface area contributed by atoms with Crippen molar-refractivity contribution in [2.45, 2.75) is 26.4 Å². The predicted octanol–water partition coefficient (Wildman–Crippen LogP) is 2.68. The maximum atomic E-state index is 11.4. The van der Waals surface area contributed by atoms with Crippen molar-refractivity contribution >= 4 is 11.9 Å². The summed E-state index contributed by atoms with van der Waals surface area (Å²) in [4.78, 5) is 11.4. The molecule has 0 fully saturated rings. The lowest BCUT2D eigenvalue weighted by Crippen LogP contribution is -2.23. The maximum absolute atomic E-state index is 11.4. The Labute approximate surface area is 96.6 Å². The molecule has 16 heavy (non-hydrogen) atoms. The number of hydrogen-bond donors (Lipinski definition) is 1. The van der Waals surface area contributed by atoms with Gasteiger partial charge in [-0.2, -0.15) is 0 Å². The molecule has 86 valence electrons. The number of aliphatic hydroxyl groups is 1. The van der Waals surface area contributed by atoms with Gasteiger partial charge < -0.3 is 5.11 Å². The topological polar surface area (TPSA) is 37.3 Å². The lowest BCUT2D eigenvalue weighted by Gasteiger charge is -2.12. The molecule has 0 aromatic heterocycles. The highest BCUT2D eigenvalue weighted by Gasteiger charge is 2.17. The molecular weight excluding hydrogens is 200 g/mol. The number of carbonyl (C=O) groups excluding carboxylic acids is 1. The van der Waals surface area contributed by atoms with Crippen LogP contribution in [0.3, 0.4) is 0 Å². The second-order valence-electron chi connectivity index (χ2n) is 3.87. The third kappa shape index (κ3) is 3.63. The fourth-order valence-electron chi connectivity index (χ4n) is 1.45. The van der Waals surface area contributed by atoms with E-state index in [1.165, 1.54) is 0 Å². The van der Waals surface area contributed by atoms with Crippen LogP contribution in [0.25, 0.3) is 6.08 Å². The Morgan fingerprint density at radius 1 is 1.38 bits per heavy atom. The summed E-state index contributed by atoms with van der Waals surface area (Å²) in [7, 11) is 0. The molecule has 0 bridgehead atoms. The Balaban J connectivity index is 2.61.